The molecule has 9 nitrogen and oxygen atoms in total. The zero-order valence-corrected chi connectivity index (χ0v) is 14.5. The van der Waals surface area contributed by atoms with Gasteiger partial charge in [0.1, 0.15) is 12.5 Å². The van der Waals surface area contributed by atoms with Crippen LogP contribution in [0.25, 0.3) is 6.08 Å². The van der Waals surface area contributed by atoms with Crippen molar-refractivity contribution in [2.75, 3.05) is 46.1 Å². The molecule has 0 amide bonds. The molecule has 1 aromatic carbocycles. The van der Waals surface area contributed by atoms with Crippen LogP contribution in [-0.4, -0.2) is 72.0 Å². The lowest BCUT2D eigenvalue weighted by Gasteiger charge is -2.33. The molecule has 1 saturated heterocycles. The van der Waals surface area contributed by atoms with E-state index in [0.29, 0.717) is 6.42 Å². The average Bonchev–Trinajstić information content (AvgIpc) is 2.64. The van der Waals surface area contributed by atoms with Gasteiger partial charge < -0.3 is 19.6 Å². The molecule has 0 spiro atoms. The summed E-state index contributed by atoms with van der Waals surface area (Å²) in [5, 5.41) is 18.5. The Kier molecular flexibility index (Phi) is 7.84. The predicted molar refractivity (Wildman–Crippen MR) is 93.7 cm³/mol. The number of hydrogen-bond donors (Lipinski definition) is 1. The van der Waals surface area contributed by atoms with Gasteiger partial charge in [0.05, 0.1) is 6.61 Å². The zero-order chi connectivity index (χ0) is 18.8. The van der Waals surface area contributed by atoms with Gasteiger partial charge in [0.25, 0.3) is 5.09 Å². The Morgan fingerprint density at radius 1 is 1.19 bits per heavy atom. The van der Waals surface area contributed by atoms with Crippen LogP contribution in [0.1, 0.15) is 12.0 Å². The number of phenols is 1. The number of piperazine rings is 1. The molecule has 1 aliphatic rings. The van der Waals surface area contributed by atoms with Crippen LogP contribution in [0.4, 0.5) is 0 Å². The summed E-state index contributed by atoms with van der Waals surface area (Å²) in [4.78, 5) is 30.4. The number of nitrogens with zero attached hydrogens (tertiary/aromatic N) is 3. The van der Waals surface area contributed by atoms with Gasteiger partial charge in [-0.3, -0.25) is 4.90 Å². The van der Waals surface area contributed by atoms with Crippen molar-refractivity contribution in [3.8, 4) is 5.75 Å². The smallest absolute Gasteiger partial charge is 0.332 e. The minimum atomic E-state index is -0.775. The molecule has 0 saturated carbocycles. The third-order valence-electron chi connectivity index (χ3n) is 3.97. The standard InChI is InChI=1S/C17H23N3O6/c21-16-5-2-15(3-6-16)4-7-17(22)25-14-19-11-9-18(10-12-19)8-1-13-26-20(23)24/h2-7,21H,1,8-14H2. The summed E-state index contributed by atoms with van der Waals surface area (Å²) in [6, 6.07) is 6.51. The highest BCUT2D eigenvalue weighted by atomic mass is 16.9. The maximum atomic E-state index is 11.8. The Bertz CT molecular complexity index is 611. The summed E-state index contributed by atoms with van der Waals surface area (Å²) in [5.41, 5.74) is 0.800. The summed E-state index contributed by atoms with van der Waals surface area (Å²) in [5.74, 6) is -0.244. The minimum Gasteiger partial charge on any atom is -0.508 e. The Labute approximate surface area is 151 Å². The van der Waals surface area contributed by atoms with Gasteiger partial charge in [0, 0.05) is 38.8 Å². The topological polar surface area (TPSA) is 105 Å². The SMILES string of the molecule is O=C(C=Cc1ccc(O)cc1)OCN1CCN(CCCO[N+](=O)[O-])CC1. The fourth-order valence-electron chi connectivity index (χ4n) is 2.52. The third kappa shape index (κ3) is 7.49. The van der Waals surface area contributed by atoms with Crippen molar-refractivity contribution < 1.29 is 24.6 Å². The summed E-state index contributed by atoms with van der Waals surface area (Å²) in [6.45, 7) is 4.26. The van der Waals surface area contributed by atoms with Crippen LogP contribution < -0.4 is 0 Å². The van der Waals surface area contributed by atoms with E-state index >= 15 is 0 Å². The van der Waals surface area contributed by atoms with Crippen LogP contribution in [0.2, 0.25) is 0 Å². The van der Waals surface area contributed by atoms with Crippen molar-refractivity contribution in [1.82, 2.24) is 9.80 Å². The maximum Gasteiger partial charge on any atom is 0.332 e. The van der Waals surface area contributed by atoms with Crippen molar-refractivity contribution >= 4 is 12.0 Å². The van der Waals surface area contributed by atoms with Gasteiger partial charge in [0.2, 0.25) is 0 Å². The zero-order valence-electron chi connectivity index (χ0n) is 14.5. The van der Waals surface area contributed by atoms with E-state index < -0.39 is 11.1 Å². The van der Waals surface area contributed by atoms with Gasteiger partial charge in [-0.15, -0.1) is 10.1 Å². The Hall–Kier alpha value is -2.65. The van der Waals surface area contributed by atoms with E-state index in [0.717, 1.165) is 38.3 Å². The summed E-state index contributed by atoms with van der Waals surface area (Å²) < 4.78 is 5.22. The van der Waals surface area contributed by atoms with Crippen LogP contribution in [0, 0.1) is 10.1 Å². The molecule has 1 fully saturated rings. The van der Waals surface area contributed by atoms with E-state index in [1.54, 1.807) is 30.3 Å². The van der Waals surface area contributed by atoms with Crippen molar-refractivity contribution in [2.24, 2.45) is 0 Å². The van der Waals surface area contributed by atoms with Gasteiger partial charge in [0.15, 0.2) is 0 Å². The fourth-order valence-corrected chi connectivity index (χ4v) is 2.52. The van der Waals surface area contributed by atoms with Crippen molar-refractivity contribution in [2.45, 2.75) is 6.42 Å². The molecule has 1 aromatic rings. The average molecular weight is 365 g/mol. The molecule has 1 N–H and O–H groups in total. The van der Waals surface area contributed by atoms with Gasteiger partial charge >= 0.3 is 5.97 Å². The minimum absolute atomic E-state index is 0.109. The number of rotatable bonds is 9. The molecule has 0 aliphatic carbocycles. The highest BCUT2D eigenvalue weighted by molar-refractivity contribution is 5.87. The molecule has 0 bridgehead atoms. The van der Waals surface area contributed by atoms with E-state index in [-0.39, 0.29) is 19.1 Å². The first kappa shape index (κ1) is 19.7. The van der Waals surface area contributed by atoms with E-state index in [4.69, 9.17) is 4.74 Å². The fraction of sp³-hybridized carbons (Fsp3) is 0.471. The number of esters is 1. The second kappa shape index (κ2) is 10.4. The number of carbonyl (C=O) groups excluding carboxylic acids is 1. The molecule has 2 rings (SSSR count). The highest BCUT2D eigenvalue weighted by Crippen LogP contribution is 2.11. The quantitative estimate of drug-likeness (QED) is 0.228. The molecule has 1 heterocycles. The van der Waals surface area contributed by atoms with Crippen LogP contribution >= 0.6 is 0 Å². The molecule has 26 heavy (non-hydrogen) atoms. The van der Waals surface area contributed by atoms with Crippen LogP contribution in [-0.2, 0) is 14.4 Å². The lowest BCUT2D eigenvalue weighted by molar-refractivity contribution is -0.757. The third-order valence-corrected chi connectivity index (χ3v) is 3.97. The van der Waals surface area contributed by atoms with Crippen molar-refractivity contribution in [1.29, 1.82) is 0 Å². The van der Waals surface area contributed by atoms with E-state index in [2.05, 4.69) is 9.74 Å². The van der Waals surface area contributed by atoms with Gasteiger partial charge in [-0.2, -0.15) is 0 Å². The molecule has 0 radical (unpaired) electrons. The van der Waals surface area contributed by atoms with E-state index in [1.807, 2.05) is 4.90 Å². The normalized spacial score (nSPS) is 15.8. The largest absolute Gasteiger partial charge is 0.508 e. The summed E-state index contributed by atoms with van der Waals surface area (Å²) in [6.07, 6.45) is 3.60. The summed E-state index contributed by atoms with van der Waals surface area (Å²) in [7, 11) is 0. The number of phenolic OH excluding ortho intramolecular Hbond substituents is 1. The van der Waals surface area contributed by atoms with Gasteiger partial charge in [-0.25, -0.2) is 4.79 Å². The number of benzene rings is 1. The van der Waals surface area contributed by atoms with Crippen molar-refractivity contribution in [3.05, 3.63) is 46.0 Å². The molecule has 9 heteroatoms. The number of ether oxygens (including phenoxy) is 1. The van der Waals surface area contributed by atoms with Crippen LogP contribution in [0.15, 0.2) is 30.3 Å². The predicted octanol–water partition coefficient (Wildman–Crippen LogP) is 1.12. The summed E-state index contributed by atoms with van der Waals surface area (Å²) >= 11 is 0. The molecule has 0 unspecified atom stereocenters. The Morgan fingerprint density at radius 3 is 2.50 bits per heavy atom. The second-order valence-corrected chi connectivity index (χ2v) is 5.89. The monoisotopic (exact) mass is 365 g/mol. The van der Waals surface area contributed by atoms with Gasteiger partial charge in [-0.1, -0.05) is 12.1 Å². The molecule has 1 aliphatic heterocycles. The first-order valence-electron chi connectivity index (χ1n) is 8.39. The van der Waals surface area contributed by atoms with Crippen LogP contribution in [0.3, 0.4) is 0 Å². The Morgan fingerprint density at radius 2 is 1.85 bits per heavy atom. The lowest BCUT2D eigenvalue weighted by Crippen LogP contribution is -2.47. The first-order valence-corrected chi connectivity index (χ1v) is 8.39. The molecule has 0 atom stereocenters. The maximum absolute atomic E-state index is 11.8. The van der Waals surface area contributed by atoms with Gasteiger partial charge in [-0.05, 0) is 30.2 Å². The molecular weight excluding hydrogens is 342 g/mol. The Balaban J connectivity index is 1.59. The number of aromatic hydroxyl groups is 1. The van der Waals surface area contributed by atoms with E-state index in [9.17, 15) is 20.0 Å². The second-order valence-electron chi connectivity index (χ2n) is 5.89. The van der Waals surface area contributed by atoms with E-state index in [1.165, 1.54) is 6.08 Å². The molecule has 0 aromatic heterocycles. The first-order chi connectivity index (χ1) is 12.5. The highest BCUT2D eigenvalue weighted by Gasteiger charge is 2.17. The lowest BCUT2D eigenvalue weighted by atomic mass is 10.2. The molecular formula is C17H23N3O6. The molecule has 142 valence electrons. The van der Waals surface area contributed by atoms with Crippen LogP contribution in [0.5, 0.6) is 5.75 Å². The number of carbonyl (C=O) groups is 1. The van der Waals surface area contributed by atoms with Crippen molar-refractivity contribution in [3.63, 3.8) is 0 Å². The number of hydrogen-bond acceptors (Lipinski definition) is 8.